The number of ether oxygens (including phenoxy) is 1. The number of rotatable bonds is 9. The summed E-state index contributed by atoms with van der Waals surface area (Å²) >= 11 is 1.63. The van der Waals surface area contributed by atoms with E-state index in [2.05, 4.69) is 10.5 Å². The van der Waals surface area contributed by atoms with Gasteiger partial charge < -0.3 is 4.74 Å². The third-order valence-corrected chi connectivity index (χ3v) is 7.01. The van der Waals surface area contributed by atoms with Gasteiger partial charge in [-0.1, -0.05) is 42.5 Å². The molecule has 9 heteroatoms. The second-order valence-corrected chi connectivity index (χ2v) is 9.30. The molecule has 0 radical (unpaired) electrons. The van der Waals surface area contributed by atoms with Gasteiger partial charge in [0.15, 0.2) is 0 Å². The van der Waals surface area contributed by atoms with Gasteiger partial charge in [0, 0.05) is 4.90 Å². The van der Waals surface area contributed by atoms with Crippen molar-refractivity contribution in [1.29, 1.82) is 0 Å². The van der Waals surface area contributed by atoms with Crippen LogP contribution in [0.15, 0.2) is 93.8 Å². The third-order valence-electron chi connectivity index (χ3n) is 4.49. The normalized spacial score (nSPS) is 11.3. The van der Waals surface area contributed by atoms with Crippen LogP contribution in [-0.4, -0.2) is 40.4 Å². The van der Waals surface area contributed by atoms with Gasteiger partial charge in [0.1, 0.15) is 12.3 Å². The van der Waals surface area contributed by atoms with Crippen LogP contribution in [-0.2, 0) is 14.8 Å². The fourth-order valence-electron chi connectivity index (χ4n) is 2.89. The zero-order chi connectivity index (χ0) is 23.0. The quantitative estimate of drug-likeness (QED) is 0.293. The van der Waals surface area contributed by atoms with Gasteiger partial charge in [0.05, 0.1) is 23.9 Å². The Hall–Kier alpha value is -3.30. The van der Waals surface area contributed by atoms with E-state index in [1.54, 1.807) is 54.2 Å². The average Bonchev–Trinajstić information content (AvgIpc) is 2.83. The molecule has 166 valence electrons. The first-order valence-electron chi connectivity index (χ1n) is 9.62. The molecule has 0 saturated heterocycles. The summed E-state index contributed by atoms with van der Waals surface area (Å²) in [5, 5.41) is 3.96. The van der Waals surface area contributed by atoms with E-state index in [1.807, 2.05) is 30.5 Å². The second kappa shape index (κ2) is 10.8. The smallest absolute Gasteiger partial charge is 0.264 e. The van der Waals surface area contributed by atoms with Gasteiger partial charge in [0.25, 0.3) is 15.9 Å². The molecule has 3 aromatic rings. The number of nitrogens with one attached hydrogen (secondary N) is 1. The van der Waals surface area contributed by atoms with Crippen LogP contribution in [0, 0.1) is 0 Å². The van der Waals surface area contributed by atoms with E-state index in [0.717, 1.165) is 14.8 Å². The van der Waals surface area contributed by atoms with E-state index in [0.29, 0.717) is 5.75 Å². The van der Waals surface area contributed by atoms with E-state index >= 15 is 0 Å². The zero-order valence-electron chi connectivity index (χ0n) is 17.6. The van der Waals surface area contributed by atoms with Crippen LogP contribution in [0.4, 0.5) is 5.69 Å². The molecule has 0 aliphatic carbocycles. The van der Waals surface area contributed by atoms with E-state index in [9.17, 15) is 13.2 Å². The highest BCUT2D eigenvalue weighted by Crippen LogP contribution is 2.32. The zero-order valence-corrected chi connectivity index (χ0v) is 19.3. The van der Waals surface area contributed by atoms with Gasteiger partial charge >= 0.3 is 0 Å². The van der Waals surface area contributed by atoms with Crippen molar-refractivity contribution >= 4 is 39.6 Å². The van der Waals surface area contributed by atoms with E-state index in [4.69, 9.17) is 4.74 Å². The van der Waals surface area contributed by atoms with Gasteiger partial charge in [-0.2, -0.15) is 5.10 Å². The third kappa shape index (κ3) is 5.68. The number of thioether (sulfide) groups is 1. The number of carbonyl (C=O) groups is 1. The maximum absolute atomic E-state index is 13.3. The first kappa shape index (κ1) is 23.4. The van der Waals surface area contributed by atoms with Crippen molar-refractivity contribution in [3.63, 3.8) is 0 Å². The number of benzene rings is 3. The van der Waals surface area contributed by atoms with Crippen molar-refractivity contribution in [2.24, 2.45) is 5.10 Å². The van der Waals surface area contributed by atoms with Gasteiger partial charge in [-0.3, -0.25) is 9.10 Å². The molecular weight excluding hydrogens is 446 g/mol. The Morgan fingerprint density at radius 2 is 1.69 bits per heavy atom. The molecule has 1 N–H and O–H groups in total. The molecule has 0 saturated carbocycles. The lowest BCUT2D eigenvalue weighted by atomic mass is 10.2. The van der Waals surface area contributed by atoms with Gasteiger partial charge in [-0.15, -0.1) is 11.8 Å². The molecule has 0 unspecified atom stereocenters. The lowest BCUT2D eigenvalue weighted by molar-refractivity contribution is -0.119. The number of methoxy groups -OCH3 is 1. The molecule has 1 amide bonds. The number of para-hydroxylation sites is 2. The largest absolute Gasteiger partial charge is 0.495 e. The SMILES string of the molecule is COc1ccccc1N(CC(=O)N/N=C\c1ccc(SC)cc1)S(=O)(=O)c1ccccc1. The van der Waals surface area contributed by atoms with Gasteiger partial charge in [0.2, 0.25) is 0 Å². The predicted octanol–water partition coefficient (Wildman–Crippen LogP) is 3.76. The van der Waals surface area contributed by atoms with Crippen molar-refractivity contribution in [3.05, 3.63) is 84.4 Å². The number of hydrazone groups is 1. The number of hydrogen-bond donors (Lipinski definition) is 1. The molecule has 7 nitrogen and oxygen atoms in total. The van der Waals surface area contributed by atoms with E-state index in [-0.39, 0.29) is 10.6 Å². The van der Waals surface area contributed by atoms with E-state index < -0.39 is 22.5 Å². The summed E-state index contributed by atoms with van der Waals surface area (Å²) in [5.74, 6) is -0.260. The average molecular weight is 470 g/mol. The minimum Gasteiger partial charge on any atom is -0.495 e. The summed E-state index contributed by atoms with van der Waals surface area (Å²) in [6.07, 6.45) is 3.49. The summed E-state index contributed by atoms with van der Waals surface area (Å²) in [4.78, 5) is 13.8. The van der Waals surface area contributed by atoms with Crippen LogP contribution in [0.25, 0.3) is 0 Å². The Morgan fingerprint density at radius 1 is 1.03 bits per heavy atom. The molecular formula is C23H23N3O4S2. The van der Waals surface area contributed by atoms with Crippen LogP contribution in [0.5, 0.6) is 5.75 Å². The van der Waals surface area contributed by atoms with Crippen molar-refractivity contribution in [2.45, 2.75) is 9.79 Å². The Labute approximate surface area is 192 Å². The summed E-state index contributed by atoms with van der Waals surface area (Å²) in [7, 11) is -2.59. The number of anilines is 1. The Kier molecular flexibility index (Phi) is 7.91. The molecule has 0 aliphatic heterocycles. The topological polar surface area (TPSA) is 88.1 Å². The minimum absolute atomic E-state index is 0.0658. The lowest BCUT2D eigenvalue weighted by Gasteiger charge is -2.25. The maximum Gasteiger partial charge on any atom is 0.264 e. The van der Waals surface area contributed by atoms with Crippen LogP contribution >= 0.6 is 11.8 Å². The highest BCUT2D eigenvalue weighted by Gasteiger charge is 2.29. The van der Waals surface area contributed by atoms with Crippen molar-refractivity contribution in [1.82, 2.24) is 5.43 Å². The molecule has 0 aromatic heterocycles. The van der Waals surface area contributed by atoms with Crippen molar-refractivity contribution in [3.8, 4) is 5.75 Å². The first-order chi connectivity index (χ1) is 15.5. The Morgan fingerprint density at radius 3 is 2.34 bits per heavy atom. The lowest BCUT2D eigenvalue weighted by Crippen LogP contribution is -2.39. The Bertz CT molecular complexity index is 1180. The van der Waals surface area contributed by atoms with Crippen molar-refractivity contribution in [2.75, 3.05) is 24.2 Å². The fraction of sp³-hybridized carbons (Fsp3) is 0.130. The molecule has 32 heavy (non-hydrogen) atoms. The fourth-order valence-corrected chi connectivity index (χ4v) is 4.75. The number of sulfonamides is 1. The number of hydrogen-bond acceptors (Lipinski definition) is 6. The number of carbonyl (C=O) groups excluding carboxylic acids is 1. The molecule has 0 heterocycles. The molecule has 3 aromatic carbocycles. The van der Waals surface area contributed by atoms with Gasteiger partial charge in [-0.05, 0) is 48.2 Å². The van der Waals surface area contributed by atoms with E-state index in [1.165, 1.54) is 25.5 Å². The highest BCUT2D eigenvalue weighted by molar-refractivity contribution is 7.98. The highest BCUT2D eigenvalue weighted by atomic mass is 32.2. The molecule has 0 spiro atoms. The van der Waals surface area contributed by atoms with Crippen molar-refractivity contribution < 1.29 is 17.9 Å². The van der Waals surface area contributed by atoms with Crippen LogP contribution < -0.4 is 14.5 Å². The summed E-state index contributed by atoms with van der Waals surface area (Å²) in [6.45, 7) is -0.472. The maximum atomic E-state index is 13.3. The Balaban J connectivity index is 1.83. The van der Waals surface area contributed by atoms with Crippen LogP contribution in [0.1, 0.15) is 5.56 Å². The molecule has 0 bridgehead atoms. The summed E-state index contributed by atoms with van der Waals surface area (Å²) in [5.41, 5.74) is 3.46. The molecule has 0 fully saturated rings. The van der Waals surface area contributed by atoms with Gasteiger partial charge in [-0.25, -0.2) is 13.8 Å². The summed E-state index contributed by atoms with van der Waals surface area (Å²) in [6, 6.07) is 22.2. The molecule has 0 aliphatic rings. The van der Waals surface area contributed by atoms with Crippen LogP contribution in [0.2, 0.25) is 0 Å². The number of amides is 1. The standard InChI is InChI=1S/C23H23N3O4S2/c1-30-22-11-7-6-10-21(22)26(32(28,29)20-8-4-3-5-9-20)17-23(27)25-24-16-18-12-14-19(31-2)15-13-18/h3-16H,17H2,1-2H3,(H,25,27)/b24-16-. The van der Waals surface area contributed by atoms with Crippen LogP contribution in [0.3, 0.4) is 0 Å². The summed E-state index contributed by atoms with van der Waals surface area (Å²) < 4.78 is 33.0. The predicted molar refractivity (Wildman–Crippen MR) is 128 cm³/mol. The monoisotopic (exact) mass is 469 g/mol. The first-order valence-corrected chi connectivity index (χ1v) is 12.3. The molecule has 3 rings (SSSR count). The number of nitrogens with zero attached hydrogens (tertiary/aromatic N) is 2. The molecule has 0 atom stereocenters. The minimum atomic E-state index is -4.03. The second-order valence-electron chi connectivity index (χ2n) is 6.56.